The molecule has 8 atom stereocenters. The first-order valence-corrected chi connectivity index (χ1v) is 33.3. The third-order valence-electron chi connectivity index (χ3n) is 15.9. The Hall–Kier alpha value is -9.11. The summed E-state index contributed by atoms with van der Waals surface area (Å²) in [4.78, 5) is 142. The number of nitrogens with two attached hydrogens (primary N) is 3. The quantitative estimate of drug-likeness (QED) is 0.0265. The molecule has 15 N–H and O–H groups in total. The molecule has 0 fully saturated rings. The number of sulfonamides is 1. The van der Waals surface area contributed by atoms with Crippen molar-refractivity contribution in [3.8, 4) is 45.3 Å². The average Bonchev–Trinajstić information content (AvgIpc) is 0.791. The van der Waals surface area contributed by atoms with Crippen molar-refractivity contribution < 1.29 is 75.3 Å². The van der Waals surface area contributed by atoms with Crippen molar-refractivity contribution in [2.75, 3.05) is 99.1 Å². The van der Waals surface area contributed by atoms with Gasteiger partial charge in [-0.3, -0.25) is 47.9 Å². The Labute approximate surface area is 558 Å². The van der Waals surface area contributed by atoms with Gasteiger partial charge >= 0.3 is 0 Å². The van der Waals surface area contributed by atoms with E-state index < -0.39 is 112 Å². The fraction of sp³-hybridized carbons (Fsp3) is 0.477. The fourth-order valence-corrected chi connectivity index (χ4v) is 10.7. The highest BCUT2D eigenvalue weighted by molar-refractivity contribution is 7.88. The number of ether oxygens (including phenoxy) is 4. The molecule has 0 saturated heterocycles. The minimum atomic E-state index is -3.92. The van der Waals surface area contributed by atoms with Gasteiger partial charge in [-0.15, -0.1) is 0 Å². The van der Waals surface area contributed by atoms with Crippen LogP contribution in [0.15, 0.2) is 72.8 Å². The van der Waals surface area contributed by atoms with Gasteiger partial charge in [0.25, 0.3) is 0 Å². The van der Waals surface area contributed by atoms with Crippen LogP contribution in [0.25, 0.3) is 22.3 Å². The summed E-state index contributed by atoms with van der Waals surface area (Å²) in [5.41, 5.74) is 20.6. The third kappa shape index (κ3) is 20.9. The summed E-state index contributed by atoms with van der Waals surface area (Å²) >= 11 is 0. The fourth-order valence-electron chi connectivity index (χ4n) is 10.3. The lowest BCUT2D eigenvalue weighted by atomic mass is 9.93. The zero-order valence-corrected chi connectivity index (χ0v) is 56.3. The van der Waals surface area contributed by atoms with Crippen LogP contribution in [0.3, 0.4) is 0 Å². The number of hydrogen-bond donors (Lipinski definition) is 12. The first-order valence-electron chi connectivity index (χ1n) is 31.5. The van der Waals surface area contributed by atoms with E-state index in [1.54, 1.807) is 66.7 Å². The van der Waals surface area contributed by atoms with Crippen LogP contribution in [0.1, 0.15) is 75.9 Å². The second-order valence-electron chi connectivity index (χ2n) is 23.3. The highest BCUT2D eigenvalue weighted by Crippen LogP contribution is 2.42. The van der Waals surface area contributed by atoms with Gasteiger partial charge in [-0.2, -0.15) is 0 Å². The molecule has 6 rings (SSSR count). The molecule has 0 spiro atoms. The molecule has 4 aromatic rings. The normalized spacial score (nSPS) is 18.8. The molecule has 4 aromatic carbocycles. The Morgan fingerprint density at radius 2 is 0.969 bits per heavy atom. The van der Waals surface area contributed by atoms with Gasteiger partial charge in [-0.25, -0.2) is 13.1 Å². The molecule has 31 heteroatoms. The highest BCUT2D eigenvalue weighted by Gasteiger charge is 2.37. The maximum absolute atomic E-state index is 15.2. The van der Waals surface area contributed by atoms with Crippen LogP contribution in [0.5, 0.6) is 23.0 Å². The number of hydrogen-bond acceptors (Lipinski definition) is 21. The van der Waals surface area contributed by atoms with Gasteiger partial charge in [-0.05, 0) is 112 Å². The number of nitrogens with one attached hydrogen (secondary N) is 9. The van der Waals surface area contributed by atoms with Crippen molar-refractivity contribution >= 4 is 68.8 Å². The van der Waals surface area contributed by atoms with E-state index in [-0.39, 0.29) is 113 Å². The van der Waals surface area contributed by atoms with Crippen LogP contribution in [0.4, 0.5) is 0 Å². The molecule has 0 aliphatic carbocycles. The topological polar surface area (TPSA) is 435 Å². The van der Waals surface area contributed by atoms with Crippen LogP contribution in [0.2, 0.25) is 0 Å². The summed E-state index contributed by atoms with van der Waals surface area (Å²) in [6.45, 7) is 8.26. The standard InChI is InChI=1S/C65H90N14O16S/c1-10-69-34-56(82)78(7)58-43-13-17-55(94-25-21-68)48(31-43)46-28-41(29-49(61(85)72-36(2)39(5)80)75-60(84)38(4)74-64(58)88)12-16-53(46)95-26-22-70-33-51-63(87)76-50(62(86)73-37(3)40(6)81)30-42-11-15-52(92-23-19-66)45(27-42)47-32-44(14-18-54(47)93-24-20-67)59(65(89)77-51)79(8)57(83)35-71-96(9,90)91/h11-18,27-28,31-32,36-38,49-51,58-59,69-71H,10,19-26,29-30,33-35,66-68H2,1-9H3,(H,72,85)(H,73,86)(H,74,88)(H,75,84)(H,76,87)(H,77,89)/t36-,37-,38-,49-,50-,51-,58-,59-/m0/s1. The van der Waals surface area contributed by atoms with Crippen molar-refractivity contribution in [2.24, 2.45) is 17.2 Å². The van der Waals surface area contributed by atoms with Crippen LogP contribution in [0, 0.1) is 0 Å². The molecular formula is C65H90N14O16S. The maximum atomic E-state index is 15.2. The predicted octanol–water partition coefficient (Wildman–Crippen LogP) is -1.88. The van der Waals surface area contributed by atoms with Crippen molar-refractivity contribution in [2.45, 2.75) is 103 Å². The summed E-state index contributed by atoms with van der Waals surface area (Å²) in [6.07, 6.45) is 0.562. The number of benzene rings is 4. The average molecular weight is 1360 g/mol. The Morgan fingerprint density at radius 3 is 1.40 bits per heavy atom. The molecular weight excluding hydrogens is 1260 g/mol. The number of nitrogens with zero attached hydrogens (tertiary/aromatic N) is 2. The smallest absolute Gasteiger partial charge is 0.248 e. The Bertz CT molecular complexity index is 3610. The van der Waals surface area contributed by atoms with Gasteiger partial charge in [0.2, 0.25) is 57.3 Å². The number of carbonyl (C=O) groups is 10. The second kappa shape index (κ2) is 35.6. The molecule has 0 unspecified atom stereocenters. The molecule has 30 nitrogen and oxygen atoms in total. The monoisotopic (exact) mass is 1350 g/mol. The van der Waals surface area contributed by atoms with E-state index in [2.05, 4.69) is 47.3 Å². The summed E-state index contributed by atoms with van der Waals surface area (Å²) < 4.78 is 51.7. The number of Topliss-reactive ketones (excluding diaryl/α,β-unsaturated/α-hetero) is 2. The van der Waals surface area contributed by atoms with Gasteiger partial charge in [0, 0.05) is 81.9 Å². The molecule has 0 saturated carbocycles. The van der Waals surface area contributed by atoms with Gasteiger partial charge in [0.05, 0.1) is 31.4 Å². The number of ketones is 2. The van der Waals surface area contributed by atoms with E-state index in [0.29, 0.717) is 51.2 Å². The minimum Gasteiger partial charge on any atom is -0.492 e. The largest absolute Gasteiger partial charge is 0.492 e. The van der Waals surface area contributed by atoms with Crippen LogP contribution in [-0.4, -0.2) is 212 Å². The van der Waals surface area contributed by atoms with Crippen molar-refractivity contribution in [3.05, 3.63) is 95.1 Å². The summed E-state index contributed by atoms with van der Waals surface area (Å²) in [5.74, 6) is -5.69. The van der Waals surface area contributed by atoms with E-state index in [1.165, 1.54) is 59.7 Å². The van der Waals surface area contributed by atoms with E-state index in [0.717, 1.165) is 11.2 Å². The van der Waals surface area contributed by atoms with Crippen molar-refractivity contribution in [1.82, 2.24) is 57.1 Å². The zero-order valence-electron chi connectivity index (χ0n) is 55.5. The summed E-state index contributed by atoms with van der Waals surface area (Å²) in [5, 5.41) is 22.4. The number of rotatable bonds is 29. The highest BCUT2D eigenvalue weighted by atomic mass is 32.2. The predicted molar refractivity (Wildman–Crippen MR) is 356 cm³/mol. The van der Waals surface area contributed by atoms with Crippen molar-refractivity contribution in [3.63, 3.8) is 0 Å². The zero-order chi connectivity index (χ0) is 70.6. The van der Waals surface area contributed by atoms with Crippen LogP contribution < -0.4 is 83.4 Å². The number of carbonyl (C=O) groups excluding carboxylic acids is 10. The van der Waals surface area contributed by atoms with Gasteiger partial charge < -0.3 is 88.5 Å². The van der Waals surface area contributed by atoms with E-state index in [9.17, 15) is 51.6 Å². The van der Waals surface area contributed by atoms with E-state index in [4.69, 9.17) is 36.1 Å². The third-order valence-corrected chi connectivity index (χ3v) is 16.5. The molecule has 2 heterocycles. The van der Waals surface area contributed by atoms with Crippen LogP contribution in [-0.2, 0) is 70.8 Å². The van der Waals surface area contributed by atoms with Gasteiger partial charge in [0.1, 0.15) is 85.7 Å². The van der Waals surface area contributed by atoms with Crippen molar-refractivity contribution in [1.29, 1.82) is 0 Å². The van der Waals surface area contributed by atoms with E-state index >= 15 is 4.79 Å². The first-order chi connectivity index (χ1) is 45.6. The van der Waals surface area contributed by atoms with E-state index in [1.807, 2.05) is 6.92 Å². The number of amides is 8. The maximum Gasteiger partial charge on any atom is 0.248 e. The molecule has 2 aliphatic heterocycles. The lowest BCUT2D eigenvalue weighted by Gasteiger charge is -2.31. The Morgan fingerprint density at radius 1 is 0.562 bits per heavy atom. The minimum absolute atomic E-state index is 0.0375. The SMILES string of the molecule is CCNCC(=O)N(C)[C@@H]1C(=O)N[C@@H](C)C(=O)N[C@H](C(=O)N[C@@H](C)C(C)=O)Cc2ccc(OCCNC[C@@H]3NC(=O)[C@@H](N(C)C(=O)CNS(C)(=O)=O)c4ccc(OCCN)c(c4)-c4cc(ccc4OCCN)C[C@@H](C(=O)N[C@@H](C)C(C)=O)NC3=O)c(c2)-c2cc1ccc2OCCN. The summed E-state index contributed by atoms with van der Waals surface area (Å²) in [7, 11) is -1.19. The lowest BCUT2D eigenvalue weighted by molar-refractivity contribution is -0.140. The Balaban J connectivity index is 1.45. The molecule has 8 bridgehead atoms. The molecule has 0 radical (unpaired) electrons. The second-order valence-corrected chi connectivity index (χ2v) is 25.2. The lowest BCUT2D eigenvalue weighted by Crippen LogP contribution is -2.59. The van der Waals surface area contributed by atoms with Gasteiger partial charge in [-0.1, -0.05) is 31.2 Å². The molecule has 96 heavy (non-hydrogen) atoms. The number of likely N-dealkylation sites (N-methyl/N-ethyl adjacent to an activating group) is 3. The Kier molecular flexibility index (Phi) is 28.1. The molecule has 522 valence electrons. The molecule has 2 aliphatic rings. The molecule has 8 amide bonds. The molecule has 0 aromatic heterocycles. The van der Waals surface area contributed by atoms with Gasteiger partial charge in [0.15, 0.2) is 11.6 Å². The summed E-state index contributed by atoms with van der Waals surface area (Å²) in [6, 6.07) is 9.21. The van der Waals surface area contributed by atoms with Crippen LogP contribution >= 0.6 is 0 Å². The number of fused-ring (bicyclic) bond motifs is 10. The first kappa shape index (κ1) is 75.9.